The summed E-state index contributed by atoms with van der Waals surface area (Å²) in [5.41, 5.74) is 1.55. The van der Waals surface area contributed by atoms with Gasteiger partial charge in [0.1, 0.15) is 5.69 Å². The minimum atomic E-state index is -0.143. The Morgan fingerprint density at radius 2 is 2.08 bits per heavy atom. The van der Waals surface area contributed by atoms with Crippen LogP contribution in [0.3, 0.4) is 0 Å². The average molecular weight is 323 g/mol. The monoisotopic (exact) mass is 323 g/mol. The Balaban J connectivity index is 1.57. The maximum Gasteiger partial charge on any atom is 0.222 e. The standard InChI is InChI=1S/C19H21N3O2/c23-18(9-8-15-5-3-10-20-13-15)22-12-4-6-16(14-22)19(24)17-7-1-2-11-21-17/h1-3,5,7,10-11,13,16H,4,6,8-9,12,14H2/t16-/m1/s1. The summed E-state index contributed by atoms with van der Waals surface area (Å²) in [6.45, 7) is 1.24. The third kappa shape index (κ3) is 4.04. The van der Waals surface area contributed by atoms with Crippen LogP contribution in [0.15, 0.2) is 48.9 Å². The van der Waals surface area contributed by atoms with Crippen molar-refractivity contribution in [3.8, 4) is 0 Å². The van der Waals surface area contributed by atoms with Gasteiger partial charge in [0.05, 0.1) is 0 Å². The van der Waals surface area contributed by atoms with E-state index in [1.54, 1.807) is 30.7 Å². The summed E-state index contributed by atoms with van der Waals surface area (Å²) in [7, 11) is 0. The van der Waals surface area contributed by atoms with Gasteiger partial charge in [0, 0.05) is 44.0 Å². The summed E-state index contributed by atoms with van der Waals surface area (Å²) in [6, 6.07) is 9.21. The normalized spacial score (nSPS) is 17.5. The van der Waals surface area contributed by atoms with E-state index in [1.165, 1.54) is 0 Å². The molecule has 0 radical (unpaired) electrons. The molecule has 0 aromatic carbocycles. The third-order valence-electron chi connectivity index (χ3n) is 4.41. The molecule has 2 aromatic rings. The number of carbonyl (C=O) groups excluding carboxylic acids is 2. The first kappa shape index (κ1) is 16.3. The third-order valence-corrected chi connectivity index (χ3v) is 4.41. The molecule has 1 saturated heterocycles. The van der Waals surface area contributed by atoms with Crippen molar-refractivity contribution in [2.75, 3.05) is 13.1 Å². The molecular formula is C19H21N3O2. The topological polar surface area (TPSA) is 63.2 Å². The van der Waals surface area contributed by atoms with E-state index >= 15 is 0 Å². The van der Waals surface area contributed by atoms with E-state index in [9.17, 15) is 9.59 Å². The summed E-state index contributed by atoms with van der Waals surface area (Å²) in [4.78, 5) is 35.0. The number of hydrogen-bond donors (Lipinski definition) is 0. The fraction of sp³-hybridized carbons (Fsp3) is 0.368. The van der Waals surface area contributed by atoms with Gasteiger partial charge in [-0.3, -0.25) is 19.6 Å². The molecule has 0 bridgehead atoms. The van der Waals surface area contributed by atoms with E-state index in [0.29, 0.717) is 25.1 Å². The molecule has 0 aliphatic carbocycles. The lowest BCUT2D eigenvalue weighted by molar-refractivity contribution is -0.132. The predicted octanol–water partition coefficient (Wildman–Crippen LogP) is 2.53. The molecular weight excluding hydrogens is 302 g/mol. The van der Waals surface area contributed by atoms with E-state index in [0.717, 1.165) is 24.9 Å². The van der Waals surface area contributed by atoms with Gasteiger partial charge in [-0.25, -0.2) is 0 Å². The van der Waals surface area contributed by atoms with Crippen LogP contribution < -0.4 is 0 Å². The van der Waals surface area contributed by atoms with Gasteiger partial charge in [0.2, 0.25) is 5.91 Å². The van der Waals surface area contributed by atoms with Gasteiger partial charge in [-0.2, -0.15) is 0 Å². The molecule has 1 amide bonds. The van der Waals surface area contributed by atoms with E-state index in [2.05, 4.69) is 9.97 Å². The summed E-state index contributed by atoms with van der Waals surface area (Å²) in [5.74, 6) is 0.00808. The van der Waals surface area contributed by atoms with Crippen molar-refractivity contribution in [2.45, 2.75) is 25.7 Å². The van der Waals surface area contributed by atoms with Crippen LogP contribution in [0.25, 0.3) is 0 Å². The lowest BCUT2D eigenvalue weighted by atomic mass is 9.91. The Bertz CT molecular complexity index is 688. The maximum absolute atomic E-state index is 12.5. The first-order chi connectivity index (χ1) is 11.7. The molecule has 5 nitrogen and oxygen atoms in total. The number of Topliss-reactive ketones (excluding diaryl/α,β-unsaturated/α-hetero) is 1. The molecule has 1 atom stereocenters. The zero-order valence-electron chi connectivity index (χ0n) is 13.6. The minimum absolute atomic E-state index is 0.0420. The molecule has 0 saturated carbocycles. The van der Waals surface area contributed by atoms with E-state index in [4.69, 9.17) is 0 Å². The Morgan fingerprint density at radius 3 is 2.83 bits per heavy atom. The van der Waals surface area contributed by atoms with Gasteiger partial charge in [-0.05, 0) is 43.0 Å². The van der Waals surface area contributed by atoms with Crippen LogP contribution in [0, 0.1) is 5.92 Å². The summed E-state index contributed by atoms with van der Waals surface area (Å²) < 4.78 is 0. The molecule has 1 fully saturated rings. The van der Waals surface area contributed by atoms with E-state index < -0.39 is 0 Å². The highest BCUT2D eigenvalue weighted by molar-refractivity contribution is 5.96. The fourth-order valence-corrected chi connectivity index (χ4v) is 3.09. The summed E-state index contributed by atoms with van der Waals surface area (Å²) in [6.07, 6.45) is 7.97. The average Bonchev–Trinajstić information content (AvgIpc) is 2.67. The first-order valence-corrected chi connectivity index (χ1v) is 8.36. The number of rotatable bonds is 5. The van der Waals surface area contributed by atoms with Crippen molar-refractivity contribution < 1.29 is 9.59 Å². The van der Waals surface area contributed by atoms with Gasteiger partial charge in [0.15, 0.2) is 5.78 Å². The molecule has 5 heteroatoms. The van der Waals surface area contributed by atoms with Gasteiger partial charge in [0.25, 0.3) is 0 Å². The molecule has 3 heterocycles. The van der Waals surface area contributed by atoms with Crippen molar-refractivity contribution in [1.82, 2.24) is 14.9 Å². The summed E-state index contributed by atoms with van der Waals surface area (Å²) >= 11 is 0. The Labute approximate surface area is 141 Å². The van der Waals surface area contributed by atoms with Crippen LogP contribution in [-0.4, -0.2) is 39.6 Å². The van der Waals surface area contributed by atoms with Crippen LogP contribution in [0.5, 0.6) is 0 Å². The van der Waals surface area contributed by atoms with Crippen molar-refractivity contribution >= 4 is 11.7 Å². The van der Waals surface area contributed by atoms with E-state index in [-0.39, 0.29) is 17.6 Å². The molecule has 24 heavy (non-hydrogen) atoms. The number of carbonyl (C=O) groups is 2. The second kappa shape index (κ2) is 7.81. The van der Waals surface area contributed by atoms with Crippen LogP contribution >= 0.6 is 0 Å². The van der Waals surface area contributed by atoms with Gasteiger partial charge in [-0.15, -0.1) is 0 Å². The zero-order valence-corrected chi connectivity index (χ0v) is 13.6. The number of nitrogens with zero attached hydrogens (tertiary/aromatic N) is 3. The largest absolute Gasteiger partial charge is 0.342 e. The molecule has 124 valence electrons. The number of pyridine rings is 2. The number of ketones is 1. The smallest absolute Gasteiger partial charge is 0.222 e. The predicted molar refractivity (Wildman–Crippen MR) is 90.4 cm³/mol. The highest BCUT2D eigenvalue weighted by atomic mass is 16.2. The number of piperidine rings is 1. The van der Waals surface area contributed by atoms with Crippen LogP contribution in [-0.2, 0) is 11.2 Å². The van der Waals surface area contributed by atoms with Crippen LogP contribution in [0.2, 0.25) is 0 Å². The number of likely N-dealkylation sites (tertiary alicyclic amines) is 1. The first-order valence-electron chi connectivity index (χ1n) is 8.36. The lowest BCUT2D eigenvalue weighted by Gasteiger charge is -2.32. The highest BCUT2D eigenvalue weighted by Gasteiger charge is 2.29. The Morgan fingerprint density at radius 1 is 1.17 bits per heavy atom. The molecule has 1 aliphatic heterocycles. The van der Waals surface area contributed by atoms with E-state index in [1.807, 2.05) is 23.1 Å². The quantitative estimate of drug-likeness (QED) is 0.793. The zero-order chi connectivity index (χ0) is 16.8. The number of aryl methyl sites for hydroxylation is 1. The minimum Gasteiger partial charge on any atom is -0.342 e. The van der Waals surface area contributed by atoms with Crippen molar-refractivity contribution in [3.63, 3.8) is 0 Å². The lowest BCUT2D eigenvalue weighted by Crippen LogP contribution is -2.42. The van der Waals surface area contributed by atoms with Crippen molar-refractivity contribution in [3.05, 3.63) is 60.2 Å². The SMILES string of the molecule is O=C(c1ccccn1)[C@@H]1CCCN(C(=O)CCc2cccnc2)C1. The second-order valence-corrected chi connectivity index (χ2v) is 6.12. The fourth-order valence-electron chi connectivity index (χ4n) is 3.09. The van der Waals surface area contributed by atoms with Gasteiger partial charge >= 0.3 is 0 Å². The molecule has 2 aromatic heterocycles. The van der Waals surface area contributed by atoms with Gasteiger partial charge < -0.3 is 4.90 Å². The highest BCUT2D eigenvalue weighted by Crippen LogP contribution is 2.21. The maximum atomic E-state index is 12.5. The number of hydrogen-bond acceptors (Lipinski definition) is 4. The van der Waals surface area contributed by atoms with Crippen LogP contribution in [0.1, 0.15) is 35.3 Å². The van der Waals surface area contributed by atoms with Crippen molar-refractivity contribution in [2.24, 2.45) is 5.92 Å². The second-order valence-electron chi connectivity index (χ2n) is 6.12. The Kier molecular flexibility index (Phi) is 5.31. The Hall–Kier alpha value is -2.56. The van der Waals surface area contributed by atoms with Crippen molar-refractivity contribution in [1.29, 1.82) is 0 Å². The number of aromatic nitrogens is 2. The molecule has 0 spiro atoms. The molecule has 0 N–H and O–H groups in total. The summed E-state index contributed by atoms with van der Waals surface area (Å²) in [5, 5.41) is 0. The molecule has 3 rings (SSSR count). The van der Waals surface area contributed by atoms with Crippen LogP contribution in [0.4, 0.5) is 0 Å². The number of amides is 1. The molecule has 1 aliphatic rings. The van der Waals surface area contributed by atoms with Gasteiger partial charge in [-0.1, -0.05) is 12.1 Å². The molecule has 0 unspecified atom stereocenters.